The molecule has 0 spiro atoms. The molecule has 0 N–H and O–H groups in total. The monoisotopic (exact) mass is 447 g/mol. The maximum absolute atomic E-state index is 13.4. The largest absolute Gasteiger partial charge is 0.477 e. The van der Waals surface area contributed by atoms with E-state index in [-0.39, 0.29) is 17.9 Å². The molecule has 8 nitrogen and oxygen atoms in total. The molecule has 172 valence electrons. The third-order valence-corrected chi connectivity index (χ3v) is 6.77. The first-order valence-corrected chi connectivity index (χ1v) is 11.7. The van der Waals surface area contributed by atoms with Gasteiger partial charge in [0, 0.05) is 38.8 Å². The van der Waals surface area contributed by atoms with Crippen LogP contribution in [0, 0.1) is 5.92 Å². The molecule has 2 fully saturated rings. The molecule has 33 heavy (non-hydrogen) atoms. The van der Waals surface area contributed by atoms with Gasteiger partial charge in [0.25, 0.3) is 5.91 Å². The minimum atomic E-state index is -0.0552. The van der Waals surface area contributed by atoms with E-state index in [1.807, 2.05) is 45.6 Å². The zero-order valence-electron chi connectivity index (χ0n) is 18.9. The molecule has 0 saturated carbocycles. The predicted molar refractivity (Wildman–Crippen MR) is 124 cm³/mol. The summed E-state index contributed by atoms with van der Waals surface area (Å²) in [6.07, 6.45) is 5.84. The van der Waals surface area contributed by atoms with E-state index in [1.54, 1.807) is 24.7 Å². The molecule has 2 aliphatic rings. The molecule has 0 unspecified atom stereocenters. The molecule has 0 radical (unpaired) electrons. The lowest BCUT2D eigenvalue weighted by Crippen LogP contribution is -2.48. The molecule has 0 aliphatic carbocycles. The van der Waals surface area contributed by atoms with Crippen molar-refractivity contribution in [2.45, 2.75) is 38.8 Å². The zero-order valence-corrected chi connectivity index (χ0v) is 18.9. The quantitative estimate of drug-likeness (QED) is 0.580. The molecule has 1 aromatic carbocycles. The van der Waals surface area contributed by atoms with Crippen LogP contribution in [-0.2, 0) is 11.3 Å². The maximum Gasteiger partial charge on any atom is 0.259 e. The van der Waals surface area contributed by atoms with Crippen LogP contribution in [0.15, 0.2) is 48.9 Å². The Bertz CT molecular complexity index is 1160. The molecule has 2 saturated heterocycles. The second-order valence-corrected chi connectivity index (χ2v) is 8.73. The van der Waals surface area contributed by atoms with Crippen molar-refractivity contribution >= 4 is 22.8 Å². The van der Waals surface area contributed by atoms with E-state index in [0.29, 0.717) is 56.6 Å². The minimum absolute atomic E-state index is 0.0407. The number of pyridine rings is 1. The lowest BCUT2D eigenvalue weighted by atomic mass is 9.91. The van der Waals surface area contributed by atoms with Crippen LogP contribution >= 0.6 is 0 Å². The first-order valence-electron chi connectivity index (χ1n) is 11.7. The normalized spacial score (nSPS) is 20.2. The van der Waals surface area contributed by atoms with E-state index in [4.69, 9.17) is 4.74 Å². The molecule has 0 bridgehead atoms. The molecule has 8 heteroatoms. The van der Waals surface area contributed by atoms with Crippen LogP contribution in [0.1, 0.15) is 36.5 Å². The van der Waals surface area contributed by atoms with Crippen molar-refractivity contribution in [1.29, 1.82) is 0 Å². The van der Waals surface area contributed by atoms with Crippen molar-refractivity contribution in [2.24, 2.45) is 5.92 Å². The molecule has 2 aliphatic heterocycles. The number of aryl methyl sites for hydroxylation is 1. The Morgan fingerprint density at radius 1 is 1.12 bits per heavy atom. The summed E-state index contributed by atoms with van der Waals surface area (Å²) in [4.78, 5) is 39.0. The zero-order chi connectivity index (χ0) is 22.8. The number of hydrogen-bond donors (Lipinski definition) is 0. The highest BCUT2D eigenvalue weighted by Gasteiger charge is 2.43. The molecule has 2 amide bonds. The molecule has 2 atom stereocenters. The number of likely N-dealkylation sites (tertiary alicyclic amines) is 2. The van der Waals surface area contributed by atoms with E-state index < -0.39 is 0 Å². The standard InChI is InChI=1S/C25H29N5O3/c1-2-33-24-19(8-5-12-26-24)25(32)30-13-6-7-18-15-29(16-22(18)30)23(31)11-14-28-17-27-20-9-3-4-10-21(20)28/h3-5,8-10,12,17-18,22H,2,6-7,11,13-16H2,1H3/t18-,22+/m0/s1. The van der Waals surface area contributed by atoms with Crippen molar-refractivity contribution < 1.29 is 14.3 Å². The third kappa shape index (κ3) is 4.17. The van der Waals surface area contributed by atoms with Gasteiger partial charge in [-0.05, 0) is 49.9 Å². The van der Waals surface area contributed by atoms with Gasteiger partial charge in [0.2, 0.25) is 11.8 Å². The number of nitrogens with zero attached hydrogens (tertiary/aromatic N) is 5. The van der Waals surface area contributed by atoms with Crippen molar-refractivity contribution in [1.82, 2.24) is 24.3 Å². The van der Waals surface area contributed by atoms with E-state index >= 15 is 0 Å². The average molecular weight is 448 g/mol. The predicted octanol–water partition coefficient (Wildman–Crippen LogP) is 2.98. The van der Waals surface area contributed by atoms with Gasteiger partial charge in [-0.15, -0.1) is 0 Å². The maximum atomic E-state index is 13.4. The summed E-state index contributed by atoms with van der Waals surface area (Å²) in [7, 11) is 0. The van der Waals surface area contributed by atoms with Crippen LogP contribution in [0.5, 0.6) is 5.88 Å². The highest BCUT2D eigenvalue weighted by Crippen LogP contribution is 2.33. The van der Waals surface area contributed by atoms with E-state index in [2.05, 4.69) is 9.97 Å². The molecule has 2 aromatic heterocycles. The Morgan fingerprint density at radius 2 is 2.00 bits per heavy atom. The van der Waals surface area contributed by atoms with Gasteiger partial charge in [-0.25, -0.2) is 9.97 Å². The fourth-order valence-corrected chi connectivity index (χ4v) is 5.16. The van der Waals surface area contributed by atoms with E-state index in [9.17, 15) is 9.59 Å². The van der Waals surface area contributed by atoms with E-state index in [0.717, 1.165) is 23.9 Å². The van der Waals surface area contributed by atoms with E-state index in [1.165, 1.54) is 0 Å². The number of fused-ring (bicyclic) bond motifs is 2. The summed E-state index contributed by atoms with van der Waals surface area (Å²) in [5.74, 6) is 0.768. The Hall–Kier alpha value is -3.42. The van der Waals surface area contributed by atoms with Crippen molar-refractivity contribution in [3.63, 3.8) is 0 Å². The third-order valence-electron chi connectivity index (χ3n) is 6.77. The SMILES string of the molecule is CCOc1ncccc1C(=O)N1CCC[C@H]2CN(C(=O)CCn3cnc4ccccc43)C[C@H]21. The number of amides is 2. The number of ether oxygens (including phenoxy) is 1. The van der Waals surface area contributed by atoms with Gasteiger partial charge in [-0.3, -0.25) is 9.59 Å². The summed E-state index contributed by atoms with van der Waals surface area (Å²) in [6, 6.07) is 11.5. The Balaban J connectivity index is 1.26. The number of hydrogen-bond acceptors (Lipinski definition) is 5. The number of carbonyl (C=O) groups excluding carboxylic acids is 2. The van der Waals surface area contributed by atoms with Crippen LogP contribution < -0.4 is 4.74 Å². The van der Waals surface area contributed by atoms with Gasteiger partial charge in [-0.1, -0.05) is 12.1 Å². The Labute approximate surface area is 193 Å². The van der Waals surface area contributed by atoms with Crippen LogP contribution in [-0.4, -0.2) is 68.4 Å². The number of benzene rings is 1. The number of aromatic nitrogens is 3. The van der Waals surface area contributed by atoms with Gasteiger partial charge in [0.15, 0.2) is 0 Å². The first-order chi connectivity index (χ1) is 16.2. The summed E-state index contributed by atoms with van der Waals surface area (Å²) in [5, 5.41) is 0. The number of imidazole rings is 1. The number of para-hydroxylation sites is 2. The highest BCUT2D eigenvalue weighted by molar-refractivity contribution is 5.96. The number of carbonyl (C=O) groups is 2. The molecular formula is C25H29N5O3. The molecular weight excluding hydrogens is 418 g/mol. The van der Waals surface area contributed by atoms with Crippen molar-refractivity contribution in [3.8, 4) is 5.88 Å². The topological polar surface area (TPSA) is 80.6 Å². The van der Waals surface area contributed by atoms with Gasteiger partial charge in [0.1, 0.15) is 5.56 Å². The average Bonchev–Trinajstić information content (AvgIpc) is 3.47. The Morgan fingerprint density at radius 3 is 2.88 bits per heavy atom. The highest BCUT2D eigenvalue weighted by atomic mass is 16.5. The number of piperidine rings is 1. The van der Waals surface area contributed by atoms with Crippen molar-refractivity contribution in [3.05, 3.63) is 54.5 Å². The lowest BCUT2D eigenvalue weighted by Gasteiger charge is -2.37. The summed E-state index contributed by atoms with van der Waals surface area (Å²) in [5.41, 5.74) is 2.48. The molecule has 4 heterocycles. The van der Waals surface area contributed by atoms with Crippen LogP contribution in [0.3, 0.4) is 0 Å². The van der Waals surface area contributed by atoms with Crippen LogP contribution in [0.2, 0.25) is 0 Å². The van der Waals surface area contributed by atoms with Gasteiger partial charge >= 0.3 is 0 Å². The van der Waals surface area contributed by atoms with Crippen LogP contribution in [0.25, 0.3) is 11.0 Å². The lowest BCUT2D eigenvalue weighted by molar-refractivity contribution is -0.130. The smallest absolute Gasteiger partial charge is 0.259 e. The first kappa shape index (κ1) is 21.4. The summed E-state index contributed by atoms with van der Waals surface area (Å²) in [6.45, 7) is 4.93. The van der Waals surface area contributed by atoms with Gasteiger partial charge < -0.3 is 19.1 Å². The van der Waals surface area contributed by atoms with Crippen LogP contribution in [0.4, 0.5) is 0 Å². The molecule has 3 aromatic rings. The molecule has 5 rings (SSSR count). The number of rotatable bonds is 6. The minimum Gasteiger partial charge on any atom is -0.477 e. The van der Waals surface area contributed by atoms with Crippen molar-refractivity contribution in [2.75, 3.05) is 26.2 Å². The summed E-state index contributed by atoms with van der Waals surface area (Å²) < 4.78 is 7.62. The summed E-state index contributed by atoms with van der Waals surface area (Å²) >= 11 is 0. The fourth-order valence-electron chi connectivity index (χ4n) is 5.16. The van der Waals surface area contributed by atoms with Gasteiger partial charge in [0.05, 0.1) is 30.0 Å². The Kier molecular flexibility index (Phi) is 5.98. The second kappa shape index (κ2) is 9.21. The second-order valence-electron chi connectivity index (χ2n) is 8.73. The fraction of sp³-hybridized carbons (Fsp3) is 0.440. The van der Waals surface area contributed by atoms with Gasteiger partial charge in [-0.2, -0.15) is 0 Å².